The quantitative estimate of drug-likeness (QED) is 0.252. The van der Waals surface area contributed by atoms with Crippen molar-refractivity contribution in [2.24, 2.45) is 11.8 Å². The van der Waals surface area contributed by atoms with E-state index in [1.807, 2.05) is 46.0 Å². The Hall–Kier alpha value is -3.67. The van der Waals surface area contributed by atoms with Crippen LogP contribution in [-0.2, 0) is 24.2 Å². The van der Waals surface area contributed by atoms with Crippen molar-refractivity contribution in [2.45, 2.75) is 57.9 Å². The fourth-order valence-electron chi connectivity index (χ4n) is 6.08. The number of ether oxygens (including phenoxy) is 2. The number of rotatable bonds is 11. The first-order valence-corrected chi connectivity index (χ1v) is 17.2. The van der Waals surface area contributed by atoms with Crippen LogP contribution in [0.3, 0.4) is 0 Å². The number of piperidine rings is 1. The normalized spacial score (nSPS) is 21.0. The van der Waals surface area contributed by atoms with Crippen LogP contribution in [0.2, 0.25) is 0 Å². The van der Waals surface area contributed by atoms with E-state index in [1.54, 1.807) is 13.1 Å². The van der Waals surface area contributed by atoms with E-state index in [1.165, 1.54) is 6.26 Å². The van der Waals surface area contributed by atoms with Crippen molar-refractivity contribution >= 4 is 38.6 Å². The maximum absolute atomic E-state index is 13.3. The molecule has 0 bridgehead atoms. The Bertz CT molecular complexity index is 1530. The van der Waals surface area contributed by atoms with Crippen LogP contribution < -0.4 is 10.1 Å². The molecular weight excluding hydrogens is 570 g/mol. The number of hydrogen-bond acceptors (Lipinski definition) is 9. The van der Waals surface area contributed by atoms with Gasteiger partial charge in [-0.05, 0) is 76.1 Å². The third kappa shape index (κ3) is 7.84. The topological polar surface area (TPSA) is 133 Å². The lowest BCUT2D eigenvalue weighted by Gasteiger charge is -2.36. The Kier molecular flexibility index (Phi) is 9.84. The summed E-state index contributed by atoms with van der Waals surface area (Å²) in [5, 5.41) is 4.39. The van der Waals surface area contributed by atoms with Crippen molar-refractivity contribution < 1.29 is 27.5 Å². The SMILES string of the molecule is CCOC(=O)C1CCCN(C(=O)C2CCC(Nc3nccc(-n4ccc5c(OCCCS(C)(=O)=O)cccc54)n3)CC2)C1. The van der Waals surface area contributed by atoms with Crippen LogP contribution in [0.1, 0.15) is 51.9 Å². The molecule has 1 aliphatic heterocycles. The molecule has 43 heavy (non-hydrogen) atoms. The van der Waals surface area contributed by atoms with Crippen LogP contribution in [0, 0.1) is 11.8 Å². The summed E-state index contributed by atoms with van der Waals surface area (Å²) in [5.41, 5.74) is 0.923. The third-order valence-corrected chi connectivity index (χ3v) is 9.29. The van der Waals surface area contributed by atoms with E-state index in [9.17, 15) is 18.0 Å². The Morgan fingerprint density at radius 3 is 2.65 bits per heavy atom. The van der Waals surface area contributed by atoms with Gasteiger partial charge in [-0.25, -0.2) is 13.4 Å². The molecule has 1 aromatic carbocycles. The molecule has 2 fully saturated rings. The van der Waals surface area contributed by atoms with Gasteiger partial charge in [0.05, 0.1) is 30.4 Å². The van der Waals surface area contributed by atoms with Crippen molar-refractivity contribution in [1.82, 2.24) is 19.4 Å². The summed E-state index contributed by atoms with van der Waals surface area (Å²) < 4.78 is 35.9. The van der Waals surface area contributed by atoms with E-state index in [4.69, 9.17) is 14.5 Å². The van der Waals surface area contributed by atoms with Crippen LogP contribution in [0.25, 0.3) is 16.7 Å². The number of amides is 1. The summed E-state index contributed by atoms with van der Waals surface area (Å²) in [6.45, 7) is 3.65. The van der Waals surface area contributed by atoms with Gasteiger partial charge in [-0.1, -0.05) is 6.07 Å². The molecule has 5 rings (SSSR count). The summed E-state index contributed by atoms with van der Waals surface area (Å²) in [7, 11) is -3.02. The highest BCUT2D eigenvalue weighted by molar-refractivity contribution is 7.90. The molecule has 1 amide bonds. The minimum absolute atomic E-state index is 0.0275. The van der Waals surface area contributed by atoms with E-state index in [2.05, 4.69) is 10.3 Å². The van der Waals surface area contributed by atoms with E-state index in [0.717, 1.165) is 49.4 Å². The van der Waals surface area contributed by atoms with Crippen molar-refractivity contribution in [3.63, 3.8) is 0 Å². The Balaban J connectivity index is 1.17. The molecule has 3 aromatic rings. The van der Waals surface area contributed by atoms with Gasteiger partial charge in [-0.2, -0.15) is 4.98 Å². The second kappa shape index (κ2) is 13.7. The van der Waals surface area contributed by atoms with Crippen LogP contribution in [0.4, 0.5) is 5.95 Å². The molecule has 11 nitrogen and oxygen atoms in total. The molecule has 12 heteroatoms. The fourth-order valence-corrected chi connectivity index (χ4v) is 6.72. The third-order valence-electron chi connectivity index (χ3n) is 8.26. The first-order chi connectivity index (χ1) is 20.7. The second-order valence-electron chi connectivity index (χ2n) is 11.5. The maximum atomic E-state index is 13.3. The highest BCUT2D eigenvalue weighted by Gasteiger charge is 2.34. The number of fused-ring (bicyclic) bond motifs is 1. The van der Waals surface area contributed by atoms with Crippen LogP contribution in [0.15, 0.2) is 42.7 Å². The van der Waals surface area contributed by atoms with Crippen molar-refractivity contribution in [2.75, 3.05) is 43.6 Å². The van der Waals surface area contributed by atoms with E-state index < -0.39 is 9.84 Å². The molecule has 1 saturated carbocycles. The maximum Gasteiger partial charge on any atom is 0.310 e. The zero-order valence-electron chi connectivity index (χ0n) is 24.9. The first-order valence-electron chi connectivity index (χ1n) is 15.2. The fraction of sp³-hybridized carbons (Fsp3) is 0.548. The summed E-state index contributed by atoms with van der Waals surface area (Å²) in [6.07, 6.45) is 10.2. The molecular formula is C31H41N5O6S. The van der Waals surface area contributed by atoms with Gasteiger partial charge in [0, 0.05) is 49.1 Å². The molecule has 2 aromatic heterocycles. The number of benzene rings is 1. The predicted octanol–water partition coefficient (Wildman–Crippen LogP) is 4.01. The molecule has 232 valence electrons. The van der Waals surface area contributed by atoms with Crippen molar-refractivity contribution in [1.29, 1.82) is 0 Å². The molecule has 1 N–H and O–H groups in total. The van der Waals surface area contributed by atoms with Crippen LogP contribution in [-0.4, -0.2) is 84.1 Å². The summed E-state index contributed by atoms with van der Waals surface area (Å²) in [5.74, 6) is 1.76. The number of esters is 1. The Labute approximate surface area is 252 Å². The summed E-state index contributed by atoms with van der Waals surface area (Å²) >= 11 is 0. The number of carbonyl (C=O) groups is 2. The van der Waals surface area contributed by atoms with E-state index in [0.29, 0.717) is 50.2 Å². The Morgan fingerprint density at radius 1 is 1.07 bits per heavy atom. The minimum atomic E-state index is -3.02. The lowest BCUT2D eigenvalue weighted by atomic mass is 9.84. The average molecular weight is 612 g/mol. The number of sulfone groups is 1. The van der Waals surface area contributed by atoms with Gasteiger partial charge in [0.1, 0.15) is 21.4 Å². The molecule has 0 radical (unpaired) electrons. The standard InChI is InChI=1S/C31H41N5O6S/c1-3-41-30(38)23-7-5-17-35(21-23)29(37)22-10-12-24(13-11-22)33-31-32-16-14-28(34-31)36-18-15-25-26(36)8-4-9-27(25)42-19-6-20-43(2,39)40/h4,8-9,14-16,18,22-24H,3,5-7,10-13,17,19-21H2,1-2H3,(H,32,33,34). The highest BCUT2D eigenvalue weighted by Crippen LogP contribution is 2.31. The van der Waals surface area contributed by atoms with Gasteiger partial charge < -0.3 is 24.3 Å². The molecule has 1 saturated heterocycles. The van der Waals surface area contributed by atoms with Gasteiger partial charge in [-0.3, -0.25) is 9.59 Å². The lowest BCUT2D eigenvalue weighted by Crippen LogP contribution is -2.46. The molecule has 2 aliphatic rings. The van der Waals surface area contributed by atoms with Gasteiger partial charge in [-0.15, -0.1) is 0 Å². The number of aromatic nitrogens is 3. The van der Waals surface area contributed by atoms with E-state index >= 15 is 0 Å². The smallest absolute Gasteiger partial charge is 0.310 e. The number of likely N-dealkylation sites (tertiary alicyclic amines) is 1. The monoisotopic (exact) mass is 611 g/mol. The molecule has 3 heterocycles. The highest BCUT2D eigenvalue weighted by atomic mass is 32.2. The van der Waals surface area contributed by atoms with Gasteiger partial charge in [0.2, 0.25) is 11.9 Å². The van der Waals surface area contributed by atoms with Crippen LogP contribution in [0.5, 0.6) is 5.75 Å². The zero-order valence-corrected chi connectivity index (χ0v) is 25.7. The largest absolute Gasteiger partial charge is 0.493 e. The number of carbonyl (C=O) groups excluding carboxylic acids is 2. The number of anilines is 1. The Morgan fingerprint density at radius 2 is 1.88 bits per heavy atom. The zero-order chi connectivity index (χ0) is 30.4. The van der Waals surface area contributed by atoms with Gasteiger partial charge in [0.15, 0.2) is 0 Å². The summed E-state index contributed by atoms with van der Waals surface area (Å²) in [6, 6.07) is 9.76. The van der Waals surface area contributed by atoms with Crippen molar-refractivity contribution in [3.8, 4) is 11.6 Å². The minimum Gasteiger partial charge on any atom is -0.493 e. The second-order valence-corrected chi connectivity index (χ2v) is 13.8. The van der Waals surface area contributed by atoms with Gasteiger partial charge >= 0.3 is 5.97 Å². The number of nitrogens with zero attached hydrogens (tertiary/aromatic N) is 4. The average Bonchev–Trinajstić information content (AvgIpc) is 3.44. The van der Waals surface area contributed by atoms with Crippen molar-refractivity contribution in [3.05, 3.63) is 42.7 Å². The molecule has 1 unspecified atom stereocenters. The lowest BCUT2D eigenvalue weighted by molar-refractivity contribution is -0.152. The summed E-state index contributed by atoms with van der Waals surface area (Å²) in [4.78, 5) is 36.6. The number of hydrogen-bond donors (Lipinski definition) is 1. The van der Waals surface area contributed by atoms with E-state index in [-0.39, 0.29) is 35.5 Å². The van der Waals surface area contributed by atoms with Crippen LogP contribution >= 0.6 is 0 Å². The van der Waals surface area contributed by atoms with Gasteiger partial charge in [0.25, 0.3) is 0 Å². The predicted molar refractivity (Wildman–Crippen MR) is 164 cm³/mol. The molecule has 1 atom stereocenters. The number of nitrogens with one attached hydrogen (secondary N) is 1. The first kappa shape index (κ1) is 30.8. The molecule has 0 spiro atoms. The molecule has 1 aliphatic carbocycles.